The van der Waals surface area contributed by atoms with Crippen molar-refractivity contribution in [2.24, 2.45) is 69.4 Å². The number of imidazole rings is 1. The van der Waals surface area contributed by atoms with E-state index < -0.39 is 284 Å². The maximum atomic E-state index is 14.7. The van der Waals surface area contributed by atoms with Crippen LogP contribution >= 0.6 is 0 Å². The normalized spacial score (nSPS) is 14.4. The fraction of sp³-hybridized carbons (Fsp3) is 0.640. The molecule has 16 atom stereocenters. The molecule has 1 heterocycles. The first-order valence-electron chi connectivity index (χ1n) is 47.9. The second-order valence-corrected chi connectivity index (χ2v) is 35.8. The van der Waals surface area contributed by atoms with Gasteiger partial charge in [-0.05, 0) is 172 Å². The number of hydrogen-bond acceptors (Lipinski definition) is 28. The van der Waals surface area contributed by atoms with Gasteiger partial charge in [0, 0.05) is 57.2 Å². The molecule has 0 aliphatic heterocycles. The molecular weight excluding hydrogens is 1880 g/mol. The number of aromatic amines is 1. The number of nitrogens with two attached hydrogens (primary N) is 9. The Balaban J connectivity index is 2.49. The number of aliphatic carboxylic acids is 2. The number of H-pyrrole nitrogens is 1. The minimum atomic E-state index is -1.95. The lowest BCUT2D eigenvalue weighted by molar-refractivity contribution is -0.143. The van der Waals surface area contributed by atoms with Crippen LogP contribution in [0, 0.1) is 34.0 Å². The third-order valence-corrected chi connectivity index (χ3v) is 22.2. The monoisotopic (exact) mass is 2040 g/mol. The molecule has 0 radical (unpaired) electrons. The van der Waals surface area contributed by atoms with Crippen LogP contribution in [0.15, 0.2) is 42.9 Å². The SMILES string of the molecule is CC(C)C[C@H](NC(=O)[C@H](C)NC(=O)CNC(=O)[C@H](CCCCN)NC(=O)[C@H](CCCNC(=N)N)NC(=O)[C@H](C)NC(=O)[C@H](Cc1ccccc1)NC(=O)[C@@H](N)CCCNC(=N)N)C(=O)N[C@@H](CCCNC(=N)N)C(=O)N[C@@H](CCC(N)=O)C(=O)N[C@@H](CCCCN)C(=O)N[C@@H](CC(N)=O)C(=O)N[C@H](C(=O)N[C@@H](Cc1cnc[nH]1)C(=O)N[C@@H](CCC(=O)O)C(=O)N[C@H](C(=O)N[C@@H](CCCCN)C(=O)O)C(C)C)C(C)C. The maximum absolute atomic E-state index is 14.7. The zero-order chi connectivity index (χ0) is 108. The third kappa shape index (κ3) is 51.2. The molecule has 55 nitrogen and oxygen atoms in total. The van der Waals surface area contributed by atoms with Crippen LogP contribution in [0.3, 0.4) is 0 Å². The molecule has 43 N–H and O–H groups in total. The number of nitrogens with zero attached hydrogens (tertiary/aromatic N) is 1. The summed E-state index contributed by atoms with van der Waals surface area (Å²) in [7, 11) is 0. The topological polar surface area (TPSA) is 945 Å². The molecule has 806 valence electrons. The molecule has 0 fully saturated rings. The lowest BCUT2D eigenvalue weighted by atomic mass is 10.00. The summed E-state index contributed by atoms with van der Waals surface area (Å²) in [6.45, 7) is 11.8. The van der Waals surface area contributed by atoms with E-state index in [4.69, 9.17) is 67.8 Å². The number of nitrogens with one attached hydrogen (secondary N) is 23. The smallest absolute Gasteiger partial charge is 0.326 e. The number of carbonyl (C=O) groups is 20. The van der Waals surface area contributed by atoms with Gasteiger partial charge in [-0.3, -0.25) is 107 Å². The van der Waals surface area contributed by atoms with Gasteiger partial charge in [-0.15, -0.1) is 0 Å². The Morgan fingerprint density at radius 1 is 0.354 bits per heavy atom. The summed E-state index contributed by atoms with van der Waals surface area (Å²) in [6.07, 6.45) is 0.165. The van der Waals surface area contributed by atoms with Gasteiger partial charge in [-0.25, -0.2) is 9.78 Å². The van der Waals surface area contributed by atoms with Gasteiger partial charge >= 0.3 is 11.9 Å². The number of carboxylic acids is 2. The number of carboxylic acid groups (broad SMARTS) is 2. The summed E-state index contributed by atoms with van der Waals surface area (Å²) in [6, 6.07) is -15.7. The van der Waals surface area contributed by atoms with Crippen molar-refractivity contribution in [2.75, 3.05) is 45.8 Å². The molecule has 2 rings (SSSR count). The Kier molecular flexibility index (Phi) is 59.1. The fourth-order valence-corrected chi connectivity index (χ4v) is 14.3. The molecule has 0 spiro atoms. The van der Waals surface area contributed by atoms with E-state index in [-0.39, 0.29) is 140 Å². The maximum Gasteiger partial charge on any atom is 0.326 e. The average molecular weight is 2040 g/mol. The molecule has 1 aromatic heterocycles. The minimum Gasteiger partial charge on any atom is -0.481 e. The molecule has 0 saturated carbocycles. The predicted octanol–water partition coefficient (Wildman–Crippen LogP) is -9.42. The van der Waals surface area contributed by atoms with Crippen LogP contribution in [0.1, 0.15) is 201 Å². The van der Waals surface area contributed by atoms with E-state index >= 15 is 0 Å². The Hall–Kier alpha value is -14.5. The molecular formula is C89H153N33O22. The first-order valence-corrected chi connectivity index (χ1v) is 47.9. The van der Waals surface area contributed by atoms with E-state index in [0.717, 1.165) is 0 Å². The zero-order valence-electron chi connectivity index (χ0n) is 82.9. The zero-order valence-corrected chi connectivity index (χ0v) is 82.9. The Morgan fingerprint density at radius 3 is 1.12 bits per heavy atom. The minimum absolute atomic E-state index is 0.00558. The first kappa shape index (κ1) is 126. The number of benzene rings is 1. The van der Waals surface area contributed by atoms with E-state index in [1.54, 1.807) is 44.2 Å². The van der Waals surface area contributed by atoms with Gasteiger partial charge in [0.2, 0.25) is 106 Å². The first-order chi connectivity index (χ1) is 67.9. The van der Waals surface area contributed by atoms with Crippen molar-refractivity contribution >= 4 is 136 Å². The molecule has 0 aliphatic carbocycles. The van der Waals surface area contributed by atoms with Crippen LogP contribution in [0.5, 0.6) is 0 Å². The summed E-state index contributed by atoms with van der Waals surface area (Å²) in [4.78, 5) is 284. The Labute approximate surface area is 834 Å². The van der Waals surface area contributed by atoms with Crippen LogP contribution in [0.4, 0.5) is 0 Å². The molecule has 144 heavy (non-hydrogen) atoms. The van der Waals surface area contributed by atoms with Gasteiger partial charge in [0.25, 0.3) is 0 Å². The van der Waals surface area contributed by atoms with E-state index in [9.17, 15) is 106 Å². The fourth-order valence-electron chi connectivity index (χ4n) is 14.3. The lowest BCUT2D eigenvalue weighted by Crippen LogP contribution is -2.62. The number of amides is 18. The van der Waals surface area contributed by atoms with E-state index in [2.05, 4.69) is 111 Å². The summed E-state index contributed by atoms with van der Waals surface area (Å²) in [5, 5.41) is 90.1. The van der Waals surface area contributed by atoms with Gasteiger partial charge in [0.1, 0.15) is 90.6 Å². The van der Waals surface area contributed by atoms with Crippen LogP contribution in [-0.4, -0.2) is 299 Å². The highest BCUT2D eigenvalue weighted by Crippen LogP contribution is 2.17. The standard InChI is InChI=1S/C89H153N33O22/c1-46(2)39-61(117-71(128)49(7)108-67(125)44-106-74(131)54(24-12-15-33-90)111-75(132)56(27-19-37-104-88(98)99)110-72(129)50(8)109-80(137)62(40-51-21-10-9-11-22-51)118-73(130)53(93)23-18-36-103-87(96)97)81(138)113-57(28-20-38-105-89(100)101)76(133)114-58(29-31-65(94)123)78(135)112-55(25-13-16-34-91)77(134)119-64(42-66(95)124)83(140)122-70(48(5)6)85(142)120-63(41-52-43-102-45-107-52)82(139)115-59(30-32-68(126)127)79(136)121-69(47(3)4)84(141)116-60(86(143)144)26-14-17-35-92/h9-11,21-22,43,45-50,53-64,69-70H,12-20,23-42,44,90-93H2,1-8H3,(H2,94,123)(H2,95,124)(H,102,107)(H,106,131)(H,108,125)(H,109,137)(H,110,129)(H,111,132)(H,112,135)(H,113,138)(H,114,133)(H,115,139)(H,116,141)(H,117,128)(H,118,130)(H,119,134)(H,120,142)(H,121,136)(H,122,140)(H,126,127)(H,143,144)(H4,96,97,103)(H4,98,99,104)(H4,100,101,105)/t49-,50-,53-,54-,55-,56-,57-,58-,59-,60-,61-,62-,63-,64-,69-,70-/m0/s1. The lowest BCUT2D eigenvalue weighted by Gasteiger charge is -2.29. The van der Waals surface area contributed by atoms with Gasteiger partial charge in [0.15, 0.2) is 17.9 Å². The van der Waals surface area contributed by atoms with Crippen LogP contribution in [0.2, 0.25) is 0 Å². The quantitative estimate of drug-likeness (QED) is 0.0166. The molecule has 2 aromatic rings. The largest absolute Gasteiger partial charge is 0.481 e. The molecule has 18 amide bonds. The van der Waals surface area contributed by atoms with Crippen LogP contribution < -0.4 is 153 Å². The van der Waals surface area contributed by atoms with Crippen molar-refractivity contribution in [1.82, 2.24) is 111 Å². The Morgan fingerprint density at radius 2 is 0.708 bits per heavy atom. The number of aromatic nitrogens is 2. The predicted molar refractivity (Wildman–Crippen MR) is 526 cm³/mol. The number of carbonyl (C=O) groups excluding carboxylic acids is 18. The van der Waals surface area contributed by atoms with Crippen molar-refractivity contribution in [3.8, 4) is 0 Å². The van der Waals surface area contributed by atoms with Gasteiger partial charge in [0.05, 0.1) is 25.3 Å². The number of rotatable bonds is 73. The van der Waals surface area contributed by atoms with Crippen LogP contribution in [-0.2, 0) is 109 Å². The summed E-state index contributed by atoms with van der Waals surface area (Å²) in [5.41, 5.74) is 51.8. The van der Waals surface area contributed by atoms with Crippen LogP contribution in [0.25, 0.3) is 0 Å². The third-order valence-electron chi connectivity index (χ3n) is 22.2. The van der Waals surface area contributed by atoms with E-state index in [0.29, 0.717) is 31.2 Å². The molecule has 0 unspecified atom stereocenters. The van der Waals surface area contributed by atoms with Gasteiger partial charge in [-0.2, -0.15) is 0 Å². The van der Waals surface area contributed by atoms with E-state index in [1.807, 2.05) is 0 Å². The Bertz CT molecular complexity index is 4570. The van der Waals surface area contributed by atoms with Gasteiger partial charge in [-0.1, -0.05) is 71.9 Å². The van der Waals surface area contributed by atoms with Crippen molar-refractivity contribution in [3.63, 3.8) is 0 Å². The van der Waals surface area contributed by atoms with E-state index in [1.165, 1.54) is 54.1 Å². The molecule has 1 aromatic carbocycles. The highest BCUT2D eigenvalue weighted by Gasteiger charge is 2.40. The second-order valence-electron chi connectivity index (χ2n) is 35.8. The average Bonchev–Trinajstić information content (AvgIpc) is 1.15. The molecule has 0 aliphatic rings. The van der Waals surface area contributed by atoms with Crippen molar-refractivity contribution < 1.29 is 106 Å². The van der Waals surface area contributed by atoms with Crippen molar-refractivity contribution in [2.45, 2.75) is 300 Å². The summed E-state index contributed by atoms with van der Waals surface area (Å²) in [5.74, 6) is -23.9. The number of unbranched alkanes of at least 4 members (excludes halogenated alkanes) is 3. The second kappa shape index (κ2) is 67.8. The van der Waals surface area contributed by atoms with Crippen molar-refractivity contribution in [1.29, 1.82) is 16.2 Å². The highest BCUT2D eigenvalue weighted by molar-refractivity contribution is 6.02. The van der Waals surface area contributed by atoms with Crippen molar-refractivity contribution in [3.05, 3.63) is 54.1 Å². The summed E-state index contributed by atoms with van der Waals surface area (Å²) < 4.78 is 0. The number of guanidine groups is 3. The van der Waals surface area contributed by atoms with Gasteiger partial charge < -0.3 is 168 Å². The molecule has 0 bridgehead atoms. The number of primary amides is 2. The highest BCUT2D eigenvalue weighted by atomic mass is 16.4. The molecule has 55 heteroatoms. The molecule has 0 saturated heterocycles. The summed E-state index contributed by atoms with van der Waals surface area (Å²) >= 11 is 0. The number of hydrogen-bond donors (Lipinski definition) is 34.